The average Bonchev–Trinajstić information content (AvgIpc) is 2.48. The highest BCUT2D eigenvalue weighted by Gasteiger charge is 2.35. The molecule has 0 amide bonds. The van der Waals surface area contributed by atoms with Gasteiger partial charge in [-0.05, 0) is 5.22 Å². The molecule has 2 rings (SSSR count). The number of sulfonamides is 1. The van der Waals surface area contributed by atoms with Crippen LogP contribution in [0.15, 0.2) is 20.5 Å². The Labute approximate surface area is 72.8 Å². The lowest BCUT2D eigenvalue weighted by molar-refractivity contribution is 0.534. The summed E-state index contributed by atoms with van der Waals surface area (Å²) in [4.78, 5) is 0. The molecule has 10 heteroatoms. The van der Waals surface area contributed by atoms with E-state index in [0.29, 0.717) is 0 Å². The van der Waals surface area contributed by atoms with Gasteiger partial charge in [-0.3, -0.25) is 0 Å². The molecule has 1 atom stereocenters. The summed E-state index contributed by atoms with van der Waals surface area (Å²) in [6.45, 7) is 0. The zero-order valence-electron chi connectivity index (χ0n) is 6.17. The molecule has 9 nitrogen and oxygen atoms in total. The van der Waals surface area contributed by atoms with Crippen LogP contribution in [0.4, 0.5) is 0 Å². The molecular formula is C3H5N7O2S. The van der Waals surface area contributed by atoms with Crippen LogP contribution < -0.4 is 16.1 Å². The predicted octanol–water partition coefficient (Wildman–Crippen LogP) is -2.16. The lowest BCUT2D eigenvalue weighted by Crippen LogP contribution is -2.55. The van der Waals surface area contributed by atoms with E-state index < -0.39 is 15.4 Å². The molecule has 2 heterocycles. The van der Waals surface area contributed by atoms with Crippen LogP contribution in [0.1, 0.15) is 0 Å². The fraction of sp³-hybridized carbons (Fsp3) is 0.333. The van der Waals surface area contributed by atoms with Crippen LogP contribution >= 0.6 is 0 Å². The van der Waals surface area contributed by atoms with E-state index in [1.807, 2.05) is 0 Å². The largest absolute Gasteiger partial charge is 0.239 e. The van der Waals surface area contributed by atoms with Crippen molar-refractivity contribution in [1.82, 2.24) is 11.0 Å². The van der Waals surface area contributed by atoms with Crippen molar-refractivity contribution in [2.75, 3.05) is 0 Å². The third-order valence-electron chi connectivity index (χ3n) is 1.46. The summed E-state index contributed by atoms with van der Waals surface area (Å²) >= 11 is 0. The monoisotopic (exact) mass is 203 g/mol. The molecule has 0 aromatic rings. The number of hydrazone groups is 1. The van der Waals surface area contributed by atoms with Gasteiger partial charge >= 0.3 is 0 Å². The molecule has 2 aliphatic rings. The third-order valence-corrected chi connectivity index (χ3v) is 2.45. The number of primary sulfonamides is 1. The van der Waals surface area contributed by atoms with Gasteiger partial charge in [-0.2, -0.15) is 5.43 Å². The van der Waals surface area contributed by atoms with E-state index in [0.717, 1.165) is 0 Å². The second-order valence-corrected chi connectivity index (χ2v) is 3.98. The Bertz CT molecular complexity index is 419. The number of nitrogens with zero attached hydrogens (tertiary/aromatic N) is 4. The highest BCUT2D eigenvalue weighted by atomic mass is 32.2. The van der Waals surface area contributed by atoms with Gasteiger partial charge in [0, 0.05) is 0 Å². The Kier molecular flexibility index (Phi) is 1.61. The summed E-state index contributed by atoms with van der Waals surface area (Å²) in [6, 6.07) is 0. The highest BCUT2D eigenvalue weighted by Crippen LogP contribution is 2.08. The van der Waals surface area contributed by atoms with Gasteiger partial charge in [-0.25, -0.2) is 19.1 Å². The molecule has 0 aliphatic carbocycles. The first-order chi connectivity index (χ1) is 6.09. The fourth-order valence-corrected chi connectivity index (χ4v) is 1.59. The maximum atomic E-state index is 11.0. The van der Waals surface area contributed by atoms with Crippen molar-refractivity contribution in [2.45, 2.75) is 5.37 Å². The van der Waals surface area contributed by atoms with E-state index in [-0.39, 0.29) is 11.5 Å². The molecule has 0 bridgehead atoms. The molecular weight excluding hydrogens is 198 g/mol. The number of hydrogen-bond acceptors (Lipinski definition) is 8. The molecule has 0 spiro atoms. The van der Waals surface area contributed by atoms with E-state index in [2.05, 4.69) is 31.5 Å². The molecule has 0 aromatic heterocycles. The van der Waals surface area contributed by atoms with Crippen molar-refractivity contribution in [1.29, 1.82) is 0 Å². The van der Waals surface area contributed by atoms with Crippen molar-refractivity contribution in [2.24, 2.45) is 25.7 Å². The molecule has 70 valence electrons. The number of rotatable bonds is 1. The quantitative estimate of drug-likeness (QED) is 0.447. The second kappa shape index (κ2) is 2.55. The first kappa shape index (κ1) is 8.22. The summed E-state index contributed by atoms with van der Waals surface area (Å²) in [5, 5.41) is 17.6. The minimum Gasteiger partial charge on any atom is -0.239 e. The van der Waals surface area contributed by atoms with E-state index >= 15 is 0 Å². The smallest absolute Gasteiger partial charge is 0.232 e. The summed E-state index contributed by atoms with van der Waals surface area (Å²) in [6.07, 6.45) is 0. The van der Waals surface area contributed by atoms with Gasteiger partial charge in [-0.1, -0.05) is 0 Å². The van der Waals surface area contributed by atoms with Crippen LogP contribution in [-0.2, 0) is 10.0 Å². The second-order valence-electron chi connectivity index (χ2n) is 2.34. The number of hydrazine groups is 1. The van der Waals surface area contributed by atoms with Crippen LogP contribution in [0.3, 0.4) is 0 Å². The molecule has 2 aliphatic heterocycles. The van der Waals surface area contributed by atoms with Crippen molar-refractivity contribution in [3.8, 4) is 0 Å². The van der Waals surface area contributed by atoms with E-state index in [1.54, 1.807) is 0 Å². The normalized spacial score (nSPS) is 26.1. The van der Waals surface area contributed by atoms with Crippen LogP contribution in [0.25, 0.3) is 0 Å². The zero-order chi connectivity index (χ0) is 9.47. The van der Waals surface area contributed by atoms with E-state index in [4.69, 9.17) is 5.14 Å². The molecule has 13 heavy (non-hydrogen) atoms. The fourth-order valence-electron chi connectivity index (χ4n) is 0.908. The van der Waals surface area contributed by atoms with Gasteiger partial charge in [0.25, 0.3) is 0 Å². The lowest BCUT2D eigenvalue weighted by atomic mass is 10.3. The van der Waals surface area contributed by atoms with Crippen LogP contribution in [0.5, 0.6) is 0 Å². The molecule has 1 unspecified atom stereocenters. The summed E-state index contributed by atoms with van der Waals surface area (Å²) in [5.74, 6) is 0.123. The van der Waals surface area contributed by atoms with Gasteiger partial charge in [0.1, 0.15) is 5.71 Å². The minimum atomic E-state index is -3.79. The predicted molar refractivity (Wildman–Crippen MR) is 42.9 cm³/mol. The molecule has 4 N–H and O–H groups in total. The minimum absolute atomic E-state index is 0.0984. The van der Waals surface area contributed by atoms with Gasteiger partial charge in [0.15, 0.2) is 5.37 Å². The summed E-state index contributed by atoms with van der Waals surface area (Å²) in [7, 11) is -3.79. The number of fused-ring (bicyclic) bond motifs is 1. The Morgan fingerprint density at radius 1 is 1.46 bits per heavy atom. The van der Waals surface area contributed by atoms with Gasteiger partial charge < -0.3 is 0 Å². The van der Waals surface area contributed by atoms with Crippen LogP contribution in [-0.4, -0.2) is 25.3 Å². The van der Waals surface area contributed by atoms with E-state index in [1.165, 1.54) is 0 Å². The van der Waals surface area contributed by atoms with Crippen LogP contribution in [0.2, 0.25) is 0 Å². The first-order valence-electron chi connectivity index (χ1n) is 3.18. The molecule has 0 radical (unpaired) electrons. The van der Waals surface area contributed by atoms with Gasteiger partial charge in [0.2, 0.25) is 15.9 Å². The zero-order valence-corrected chi connectivity index (χ0v) is 6.98. The highest BCUT2D eigenvalue weighted by molar-refractivity contribution is 7.90. The topological polar surface area (TPSA) is 134 Å². The third kappa shape index (κ3) is 1.30. The van der Waals surface area contributed by atoms with Gasteiger partial charge in [0.05, 0.1) is 0 Å². The maximum Gasteiger partial charge on any atom is 0.232 e. The molecule has 0 fully saturated rings. The van der Waals surface area contributed by atoms with Crippen LogP contribution in [0, 0.1) is 0 Å². The molecule has 0 aromatic carbocycles. The number of nitrogens with two attached hydrogens (primary N) is 1. The lowest BCUT2D eigenvalue weighted by Gasteiger charge is -2.18. The van der Waals surface area contributed by atoms with Crippen molar-refractivity contribution in [3.05, 3.63) is 0 Å². The standard InChI is InChI=1S/C3H5N7O2S/c4-13(11,12)3-1-2(6-9-5-1)7-10-8-3/h3,8,10H,(H2,4,11,12). The van der Waals surface area contributed by atoms with Crippen molar-refractivity contribution >= 4 is 21.6 Å². The molecule has 0 saturated heterocycles. The Morgan fingerprint density at radius 2 is 2.23 bits per heavy atom. The SMILES string of the molecule is NS(=O)(=O)C1NNN=C2N=NN=C21. The Balaban J connectivity index is 2.42. The molecule has 0 saturated carbocycles. The number of amidine groups is 1. The first-order valence-corrected chi connectivity index (χ1v) is 4.79. The van der Waals surface area contributed by atoms with E-state index in [9.17, 15) is 8.42 Å². The van der Waals surface area contributed by atoms with Gasteiger partial charge in [-0.15, -0.1) is 15.3 Å². The Morgan fingerprint density at radius 3 is 2.92 bits per heavy atom. The van der Waals surface area contributed by atoms with Crippen molar-refractivity contribution in [3.63, 3.8) is 0 Å². The van der Waals surface area contributed by atoms with Crippen molar-refractivity contribution < 1.29 is 8.42 Å². The average molecular weight is 203 g/mol. The maximum absolute atomic E-state index is 11.0. The summed E-state index contributed by atoms with van der Waals surface area (Å²) < 4.78 is 22.0. The summed E-state index contributed by atoms with van der Waals surface area (Å²) in [5.41, 5.74) is 4.68. The number of hydrogen-bond donors (Lipinski definition) is 3. The number of nitrogens with one attached hydrogen (secondary N) is 2. The Hall–Kier alpha value is -1.39.